The van der Waals surface area contributed by atoms with Crippen molar-refractivity contribution in [2.24, 2.45) is 10.9 Å². The fraction of sp³-hybridized carbons (Fsp3) is 0.947. The quantitative estimate of drug-likeness (QED) is 0.295. The second-order valence-electron chi connectivity index (χ2n) is 7.20. The van der Waals surface area contributed by atoms with Gasteiger partial charge in [0, 0.05) is 25.7 Å². The fourth-order valence-corrected chi connectivity index (χ4v) is 3.43. The van der Waals surface area contributed by atoms with E-state index in [1.807, 2.05) is 0 Å². The third kappa shape index (κ3) is 11.3. The van der Waals surface area contributed by atoms with Gasteiger partial charge >= 0.3 is 0 Å². The molecule has 1 rings (SSSR count). The summed E-state index contributed by atoms with van der Waals surface area (Å²) >= 11 is 0. The van der Waals surface area contributed by atoms with Crippen LogP contribution in [0.5, 0.6) is 0 Å². The van der Waals surface area contributed by atoms with Crippen LogP contribution in [-0.4, -0.2) is 74.7 Å². The van der Waals surface area contributed by atoms with E-state index in [1.54, 1.807) is 0 Å². The standard InChI is InChI=1S/C19H41N5.HI/c1-6-20-19(21-15-18-12-10-13-23(5)16-18)22-17(4)11-9-14-24(7-2)8-3;/h17-18H,6-16H2,1-5H3,(H2,20,21,22);1H. The summed E-state index contributed by atoms with van der Waals surface area (Å²) in [6.45, 7) is 16.7. The van der Waals surface area contributed by atoms with E-state index in [4.69, 9.17) is 4.99 Å². The van der Waals surface area contributed by atoms with Crippen molar-refractivity contribution in [3.63, 3.8) is 0 Å². The molecule has 0 spiro atoms. The van der Waals surface area contributed by atoms with Crippen molar-refractivity contribution in [1.82, 2.24) is 20.4 Å². The van der Waals surface area contributed by atoms with Crippen LogP contribution < -0.4 is 10.6 Å². The minimum atomic E-state index is 0. The highest BCUT2D eigenvalue weighted by atomic mass is 127. The minimum Gasteiger partial charge on any atom is -0.357 e. The van der Waals surface area contributed by atoms with Crippen molar-refractivity contribution in [1.29, 1.82) is 0 Å². The Kier molecular flexibility index (Phi) is 15.0. The van der Waals surface area contributed by atoms with Gasteiger partial charge in [0.15, 0.2) is 5.96 Å². The van der Waals surface area contributed by atoms with Crippen molar-refractivity contribution < 1.29 is 0 Å². The number of hydrogen-bond donors (Lipinski definition) is 2. The average Bonchev–Trinajstić information content (AvgIpc) is 2.57. The molecule has 1 heterocycles. The summed E-state index contributed by atoms with van der Waals surface area (Å²) < 4.78 is 0. The van der Waals surface area contributed by atoms with Gasteiger partial charge in [0.25, 0.3) is 0 Å². The summed E-state index contributed by atoms with van der Waals surface area (Å²) in [7, 11) is 2.22. The molecule has 1 saturated heterocycles. The molecule has 0 aromatic carbocycles. The summed E-state index contributed by atoms with van der Waals surface area (Å²) in [6, 6.07) is 0.465. The highest BCUT2D eigenvalue weighted by Crippen LogP contribution is 2.15. The molecule has 1 aliphatic rings. The Morgan fingerprint density at radius 3 is 2.60 bits per heavy atom. The summed E-state index contributed by atoms with van der Waals surface area (Å²) in [5.74, 6) is 1.69. The Morgan fingerprint density at radius 2 is 2.00 bits per heavy atom. The lowest BCUT2D eigenvalue weighted by Gasteiger charge is -2.29. The van der Waals surface area contributed by atoms with Crippen LogP contribution in [0.25, 0.3) is 0 Å². The number of halogens is 1. The summed E-state index contributed by atoms with van der Waals surface area (Å²) in [4.78, 5) is 9.77. The first-order valence-electron chi connectivity index (χ1n) is 10.0. The maximum Gasteiger partial charge on any atom is 0.191 e. The molecule has 0 radical (unpaired) electrons. The molecule has 2 unspecified atom stereocenters. The van der Waals surface area contributed by atoms with Crippen LogP contribution in [0.2, 0.25) is 0 Å². The van der Waals surface area contributed by atoms with Crippen molar-refractivity contribution in [2.75, 3.05) is 52.9 Å². The molecular weight excluding hydrogens is 425 g/mol. The van der Waals surface area contributed by atoms with Crippen LogP contribution in [0.3, 0.4) is 0 Å². The highest BCUT2D eigenvalue weighted by molar-refractivity contribution is 14.0. The third-order valence-corrected chi connectivity index (χ3v) is 4.96. The topological polar surface area (TPSA) is 42.9 Å². The summed E-state index contributed by atoms with van der Waals surface area (Å²) in [5, 5.41) is 6.99. The third-order valence-electron chi connectivity index (χ3n) is 4.96. The van der Waals surface area contributed by atoms with Crippen molar-refractivity contribution >= 4 is 29.9 Å². The van der Waals surface area contributed by atoms with Gasteiger partial charge in [0.1, 0.15) is 0 Å². The van der Waals surface area contributed by atoms with Crippen LogP contribution >= 0.6 is 24.0 Å². The zero-order valence-corrected chi connectivity index (χ0v) is 19.5. The van der Waals surface area contributed by atoms with Crippen LogP contribution in [0.4, 0.5) is 0 Å². The van der Waals surface area contributed by atoms with Crippen LogP contribution in [0.15, 0.2) is 4.99 Å². The lowest BCUT2D eigenvalue weighted by atomic mass is 9.99. The van der Waals surface area contributed by atoms with E-state index in [1.165, 1.54) is 45.3 Å². The Morgan fingerprint density at radius 1 is 1.28 bits per heavy atom. The van der Waals surface area contributed by atoms with Crippen LogP contribution in [0, 0.1) is 5.92 Å². The molecule has 6 heteroatoms. The zero-order chi connectivity index (χ0) is 17.8. The van der Waals surface area contributed by atoms with Gasteiger partial charge < -0.3 is 20.4 Å². The number of piperidine rings is 1. The van der Waals surface area contributed by atoms with E-state index in [0.29, 0.717) is 12.0 Å². The molecule has 2 N–H and O–H groups in total. The first kappa shape index (κ1) is 24.9. The molecule has 0 aromatic rings. The van der Waals surface area contributed by atoms with Gasteiger partial charge in [-0.25, -0.2) is 0 Å². The number of rotatable bonds is 10. The molecule has 1 aliphatic heterocycles. The van der Waals surface area contributed by atoms with Crippen LogP contribution in [0.1, 0.15) is 53.4 Å². The lowest BCUT2D eigenvalue weighted by molar-refractivity contribution is 0.214. The van der Waals surface area contributed by atoms with Gasteiger partial charge in [0.2, 0.25) is 0 Å². The number of likely N-dealkylation sites (tertiary alicyclic amines) is 1. The van der Waals surface area contributed by atoms with Crippen molar-refractivity contribution in [2.45, 2.75) is 59.4 Å². The molecule has 0 saturated carbocycles. The molecule has 5 nitrogen and oxygen atoms in total. The maximum absolute atomic E-state index is 4.84. The van der Waals surface area contributed by atoms with Crippen molar-refractivity contribution in [3.8, 4) is 0 Å². The highest BCUT2D eigenvalue weighted by Gasteiger charge is 2.17. The predicted molar refractivity (Wildman–Crippen MR) is 121 cm³/mol. The molecule has 0 bridgehead atoms. The molecule has 1 fully saturated rings. The monoisotopic (exact) mass is 467 g/mol. The largest absolute Gasteiger partial charge is 0.357 e. The van der Waals surface area contributed by atoms with Gasteiger partial charge in [0.05, 0.1) is 0 Å². The van der Waals surface area contributed by atoms with E-state index < -0.39 is 0 Å². The van der Waals surface area contributed by atoms with Crippen LogP contribution in [-0.2, 0) is 0 Å². The number of nitrogens with zero attached hydrogens (tertiary/aromatic N) is 3. The van der Waals surface area contributed by atoms with Crippen molar-refractivity contribution in [3.05, 3.63) is 0 Å². The Balaban J connectivity index is 0.00000576. The predicted octanol–water partition coefficient (Wildman–Crippen LogP) is 3.01. The Hall–Kier alpha value is -0.0800. The number of guanidine groups is 1. The normalized spacial score (nSPS) is 20.2. The van der Waals surface area contributed by atoms with Gasteiger partial charge in [-0.2, -0.15) is 0 Å². The second-order valence-corrected chi connectivity index (χ2v) is 7.20. The van der Waals surface area contributed by atoms with Gasteiger partial charge in [-0.15, -0.1) is 24.0 Å². The molecule has 0 aromatic heterocycles. The molecule has 0 amide bonds. The molecular formula is C19H42IN5. The van der Waals surface area contributed by atoms with E-state index in [9.17, 15) is 0 Å². The Labute approximate surface area is 173 Å². The maximum atomic E-state index is 4.84. The zero-order valence-electron chi connectivity index (χ0n) is 17.2. The molecule has 0 aliphatic carbocycles. The number of nitrogens with one attached hydrogen (secondary N) is 2. The van der Waals surface area contributed by atoms with E-state index in [0.717, 1.165) is 32.1 Å². The SMILES string of the molecule is CCNC(=NCC1CCCN(C)C1)NC(C)CCCN(CC)CC.I. The summed E-state index contributed by atoms with van der Waals surface area (Å²) in [6.07, 6.45) is 5.05. The number of hydrogen-bond acceptors (Lipinski definition) is 3. The van der Waals surface area contributed by atoms with E-state index >= 15 is 0 Å². The van der Waals surface area contributed by atoms with Gasteiger partial charge in [-0.3, -0.25) is 4.99 Å². The molecule has 25 heavy (non-hydrogen) atoms. The van der Waals surface area contributed by atoms with E-state index in [2.05, 4.69) is 55.2 Å². The van der Waals surface area contributed by atoms with E-state index in [-0.39, 0.29) is 24.0 Å². The smallest absolute Gasteiger partial charge is 0.191 e. The fourth-order valence-electron chi connectivity index (χ4n) is 3.43. The first-order valence-corrected chi connectivity index (χ1v) is 10.0. The second kappa shape index (κ2) is 15.0. The lowest BCUT2D eigenvalue weighted by Crippen LogP contribution is -2.43. The molecule has 2 atom stereocenters. The van der Waals surface area contributed by atoms with Gasteiger partial charge in [-0.1, -0.05) is 13.8 Å². The first-order chi connectivity index (χ1) is 11.6. The summed E-state index contributed by atoms with van der Waals surface area (Å²) in [5.41, 5.74) is 0. The minimum absolute atomic E-state index is 0. The molecule has 150 valence electrons. The number of aliphatic imine (C=N–C) groups is 1. The Bertz CT molecular complexity index is 347. The average molecular weight is 467 g/mol. The van der Waals surface area contributed by atoms with Gasteiger partial charge in [-0.05, 0) is 78.7 Å².